The van der Waals surface area contributed by atoms with Crippen LogP contribution in [-0.2, 0) is 56.0 Å². The number of carbonyl (C=O) groups is 9. The van der Waals surface area contributed by atoms with Crippen LogP contribution in [0.1, 0.15) is 81.9 Å². The van der Waals surface area contributed by atoms with E-state index in [2.05, 4.69) is 57.5 Å². The van der Waals surface area contributed by atoms with Crippen molar-refractivity contribution in [2.45, 2.75) is 126 Å². The van der Waals surface area contributed by atoms with E-state index in [0.29, 0.717) is 11.1 Å². The van der Waals surface area contributed by atoms with Crippen LogP contribution in [0.5, 0.6) is 0 Å². The zero-order valence-corrected chi connectivity index (χ0v) is 42.4. The fraction of sp³-hybridized carbons (Fsp3) is 0.469. The highest BCUT2D eigenvalue weighted by Gasteiger charge is 2.36. The minimum Gasteiger partial charge on any atom is -0.391 e. The first-order chi connectivity index (χ1) is 36.1. The number of aliphatic imine (C=N–C) groups is 2. The van der Waals surface area contributed by atoms with Crippen LogP contribution < -0.4 is 71.2 Å². The van der Waals surface area contributed by atoms with E-state index in [1.54, 1.807) is 18.3 Å². The van der Waals surface area contributed by atoms with E-state index in [0.717, 1.165) is 10.9 Å². The molecule has 2 aromatic carbocycles. The number of hydrogen-bond acceptors (Lipinski definition) is 13. The van der Waals surface area contributed by atoms with Crippen LogP contribution in [0.4, 0.5) is 0 Å². The minimum atomic E-state index is -1.81. The van der Waals surface area contributed by atoms with Crippen LogP contribution in [0, 0.1) is 11.3 Å². The molecule has 8 atom stereocenters. The van der Waals surface area contributed by atoms with Crippen LogP contribution in [0.3, 0.4) is 0 Å². The topological polar surface area (TPSA) is 464 Å². The number of H-pyrrole nitrogens is 1. The van der Waals surface area contributed by atoms with Crippen molar-refractivity contribution in [1.29, 1.82) is 5.26 Å². The first-order valence-electron chi connectivity index (χ1n) is 24.6. The summed E-state index contributed by atoms with van der Waals surface area (Å²) in [7, 11) is 0. The predicted molar refractivity (Wildman–Crippen MR) is 278 cm³/mol. The van der Waals surface area contributed by atoms with Crippen LogP contribution in [0.15, 0.2) is 64.7 Å². The van der Waals surface area contributed by atoms with Gasteiger partial charge < -0.3 is 81.3 Å². The van der Waals surface area contributed by atoms with E-state index in [9.17, 15) is 53.5 Å². The van der Waals surface area contributed by atoms with Crippen molar-refractivity contribution in [2.75, 3.05) is 19.6 Å². The Morgan fingerprint density at radius 3 is 2.04 bits per heavy atom. The molecule has 0 aliphatic carbocycles. The number of aromatic nitrogens is 1. The highest BCUT2D eigenvalue weighted by molar-refractivity contribution is 5.98. The number of fused-ring (bicyclic) bond motifs is 1. The zero-order valence-electron chi connectivity index (χ0n) is 42.4. The van der Waals surface area contributed by atoms with E-state index in [1.807, 2.05) is 18.2 Å². The van der Waals surface area contributed by atoms with Crippen LogP contribution >= 0.6 is 0 Å². The number of nitrogens with one attached hydrogen (secondary N) is 9. The fourth-order valence-corrected chi connectivity index (χ4v) is 8.14. The van der Waals surface area contributed by atoms with Crippen molar-refractivity contribution in [1.82, 2.24) is 47.5 Å². The van der Waals surface area contributed by atoms with Gasteiger partial charge in [-0.3, -0.25) is 53.1 Å². The number of carbonyl (C=O) groups excluding carboxylic acids is 9. The Morgan fingerprint density at radius 1 is 0.776 bits per heavy atom. The smallest absolute Gasteiger partial charge is 0.245 e. The molecule has 1 saturated heterocycles. The van der Waals surface area contributed by atoms with Crippen molar-refractivity contribution in [3.05, 3.63) is 71.4 Å². The van der Waals surface area contributed by atoms with Gasteiger partial charge in [0.05, 0.1) is 17.7 Å². The van der Waals surface area contributed by atoms with Crippen molar-refractivity contribution >= 4 is 76.0 Å². The molecule has 1 aromatic heterocycles. The van der Waals surface area contributed by atoms with Crippen molar-refractivity contribution < 1.29 is 48.3 Å². The maximum absolute atomic E-state index is 14.6. The molecular weight excluding hydrogens is 987 g/mol. The van der Waals surface area contributed by atoms with Gasteiger partial charge in [0, 0.05) is 62.9 Å². The van der Waals surface area contributed by atoms with Gasteiger partial charge in [0.2, 0.25) is 53.2 Å². The van der Waals surface area contributed by atoms with Gasteiger partial charge >= 0.3 is 0 Å². The van der Waals surface area contributed by atoms with E-state index in [4.69, 9.17) is 28.7 Å². The largest absolute Gasteiger partial charge is 0.391 e. The molecule has 0 saturated carbocycles. The highest BCUT2D eigenvalue weighted by atomic mass is 16.3. The van der Waals surface area contributed by atoms with Gasteiger partial charge in [-0.05, 0) is 81.2 Å². The van der Waals surface area contributed by atoms with E-state index < -0.39 is 108 Å². The maximum atomic E-state index is 14.6. The van der Waals surface area contributed by atoms with Crippen LogP contribution in [0.2, 0.25) is 0 Å². The number of rotatable bonds is 17. The Bertz CT molecular complexity index is 2640. The molecule has 1 fully saturated rings. The molecule has 9 amide bonds. The van der Waals surface area contributed by atoms with Crippen molar-refractivity contribution in [3.63, 3.8) is 0 Å². The van der Waals surface area contributed by atoms with Gasteiger partial charge in [-0.1, -0.05) is 30.3 Å². The molecule has 1 aliphatic heterocycles. The second-order valence-electron chi connectivity index (χ2n) is 18.2. The number of aliphatic hydroxyl groups excluding tert-OH is 1. The third kappa shape index (κ3) is 19.6. The van der Waals surface area contributed by atoms with Crippen LogP contribution in [0.25, 0.3) is 10.9 Å². The molecule has 0 radical (unpaired) electrons. The minimum absolute atomic E-state index is 0.00863. The summed E-state index contributed by atoms with van der Waals surface area (Å²) in [6.45, 7) is 2.41. The van der Waals surface area contributed by atoms with Gasteiger partial charge in [-0.2, -0.15) is 5.26 Å². The summed E-state index contributed by atoms with van der Waals surface area (Å²) >= 11 is 0. The average molecular weight is 1060 g/mol. The van der Waals surface area contributed by atoms with Gasteiger partial charge in [0.1, 0.15) is 42.3 Å². The molecule has 0 unspecified atom stereocenters. The lowest BCUT2D eigenvalue weighted by atomic mass is 10.0. The summed E-state index contributed by atoms with van der Waals surface area (Å²) in [6.07, 6.45) is -0.930. The molecule has 27 heteroatoms. The summed E-state index contributed by atoms with van der Waals surface area (Å²) in [5.41, 5.74) is 29.8. The van der Waals surface area contributed by atoms with Gasteiger partial charge in [-0.15, -0.1) is 0 Å². The summed E-state index contributed by atoms with van der Waals surface area (Å²) in [4.78, 5) is 135. The molecule has 410 valence electrons. The molecule has 0 bridgehead atoms. The van der Waals surface area contributed by atoms with Gasteiger partial charge in [0.15, 0.2) is 11.9 Å². The highest BCUT2D eigenvalue weighted by Crippen LogP contribution is 2.20. The SMILES string of the molecule is CC(=O)N[C@@H](CCCN=C(N)N)C(=O)N[C@H]1CCC(=O)NCCC[C@@H](C(N)=O)NC(=O)[C@H](Cc2c[nH]c3ccccc23)NC(=O)[C@H](CCCN=C(N)N)NC(=O)[C@@H](Cc2ccc(C#N)cc2)NC(=O)[C@H]([C@@H](C)O)NC1=O. The lowest BCUT2D eigenvalue weighted by molar-refractivity contribution is -0.137. The normalized spacial score (nSPS) is 21.3. The van der Waals surface area contributed by atoms with E-state index in [-0.39, 0.29) is 94.9 Å². The number of guanidine groups is 2. The number of primary amides is 1. The number of benzene rings is 2. The molecule has 20 N–H and O–H groups in total. The number of aromatic amines is 1. The van der Waals surface area contributed by atoms with E-state index in [1.165, 1.54) is 38.1 Å². The summed E-state index contributed by atoms with van der Waals surface area (Å²) < 4.78 is 0. The quantitative estimate of drug-likeness (QED) is 0.0347. The fourth-order valence-electron chi connectivity index (χ4n) is 8.14. The zero-order chi connectivity index (χ0) is 55.9. The van der Waals surface area contributed by atoms with Crippen molar-refractivity contribution in [2.24, 2.45) is 38.7 Å². The molecule has 76 heavy (non-hydrogen) atoms. The number of nitrogens with two attached hydrogens (primary N) is 5. The van der Waals surface area contributed by atoms with Gasteiger partial charge in [-0.25, -0.2) is 0 Å². The average Bonchev–Trinajstić information content (AvgIpc) is 3.78. The first kappa shape index (κ1) is 59.8. The Balaban J connectivity index is 1.78. The Hall–Kier alpha value is -8.80. The molecule has 3 aromatic rings. The second kappa shape index (κ2) is 29.8. The number of nitriles is 1. The third-order valence-electron chi connectivity index (χ3n) is 12.1. The second-order valence-corrected chi connectivity index (χ2v) is 18.2. The number of nitrogens with zero attached hydrogens (tertiary/aromatic N) is 3. The lowest BCUT2D eigenvalue weighted by Gasteiger charge is -2.28. The summed E-state index contributed by atoms with van der Waals surface area (Å²) in [5.74, 6) is -8.17. The summed E-state index contributed by atoms with van der Waals surface area (Å²) in [6, 6.07) is 4.92. The first-order valence-corrected chi connectivity index (χ1v) is 24.6. The number of aliphatic hydroxyl groups is 1. The molecule has 0 spiro atoms. The lowest BCUT2D eigenvalue weighted by Crippen LogP contribution is -2.62. The molecular formula is C49H69N17O10. The number of para-hydroxylation sites is 1. The molecule has 27 nitrogen and oxygen atoms in total. The predicted octanol–water partition coefficient (Wildman–Crippen LogP) is -4.10. The van der Waals surface area contributed by atoms with E-state index >= 15 is 0 Å². The van der Waals surface area contributed by atoms with Crippen LogP contribution in [-0.4, -0.2) is 143 Å². The Kier molecular flexibility index (Phi) is 23.4. The number of hydrogen-bond donors (Lipinski definition) is 15. The maximum Gasteiger partial charge on any atom is 0.245 e. The Labute approximate surface area is 438 Å². The number of amides is 9. The van der Waals surface area contributed by atoms with Gasteiger partial charge in [0.25, 0.3) is 0 Å². The molecule has 2 heterocycles. The molecule has 1 aliphatic rings. The molecule has 4 rings (SSSR count). The summed E-state index contributed by atoms with van der Waals surface area (Å²) in [5, 5.41) is 41.9. The monoisotopic (exact) mass is 1060 g/mol. The van der Waals surface area contributed by atoms with Crippen molar-refractivity contribution in [3.8, 4) is 6.07 Å². The Morgan fingerprint density at radius 2 is 1.39 bits per heavy atom. The third-order valence-corrected chi connectivity index (χ3v) is 12.1. The standard InChI is InChI=1S/C49H69N17O10/c1-26(67)40-47(76)65-37(22-28-13-15-29(24-50)16-14-28)45(74)62-35(12-7-21-58-49(54)55)43(72)64-38(23-30-25-59-32-9-4-3-8-31(30)32)46(75)61-33(41(51)70)10-5-19-56-39(69)18-17-36(44(73)66-40)63-42(71)34(60-27(2)68)11-6-20-57-48(52)53/h3-4,8-9,13-16,25-26,33-38,40,59,67H,5-7,10-12,17-23H2,1-2H3,(H2,51,70)(H,56,69)(H,60,68)(H,61,75)(H,62,74)(H,63,71)(H,64,72)(H,65,76)(H,66,73)(H4,52,53,57)(H4,54,55,58)/t26-,33+,34+,35+,36+,37-,38+,40+/m1/s1.